The van der Waals surface area contributed by atoms with Gasteiger partial charge in [-0.2, -0.15) is 0 Å². The van der Waals surface area contributed by atoms with Crippen molar-refractivity contribution >= 4 is 46.4 Å². The van der Waals surface area contributed by atoms with Crippen molar-refractivity contribution < 1.29 is 43.3 Å². The number of benzene rings is 2. The summed E-state index contributed by atoms with van der Waals surface area (Å²) >= 11 is 0. The number of fused-ring (bicyclic) bond motifs is 8. The number of hydrogen-bond acceptors (Lipinski definition) is 4. The Hall–Kier alpha value is -4.86. The van der Waals surface area contributed by atoms with Crippen LogP contribution in [0.2, 0.25) is 0 Å². The number of halogens is 2. The lowest BCUT2D eigenvalue weighted by Crippen LogP contribution is -3.00. The number of nitrogens with one attached hydrogen (secondary N) is 2. The SMILES string of the molecule is CCCCCCCCCCCc1c2nc(c(-c3cccc(OCCC[N+](C)(C)C)c3)c3ccc(cc4nc(c(-c5cccc(OCCC[N+](C)(C)C)c5)c5ccc1[nH]5)C=C4)[nH]3)C=C2.[Cl-].[Cl-]. The summed E-state index contributed by atoms with van der Waals surface area (Å²) in [5, 5.41) is 0. The van der Waals surface area contributed by atoms with Crippen LogP contribution < -0.4 is 34.3 Å². The standard InChI is InChI=1S/C55H72N6O2.2ClH/c1-8-9-10-11-12-13-14-15-16-25-47-48-30-32-52(58-48)54(41-21-17-23-45(38-41)62-36-19-34-60(2,3)4)50-28-26-43(56-50)40-44-27-29-51(57-44)55(53-33-31-49(47)59-53)42-22-18-24-46(39-42)63-37-20-35-61(5,6)7;;/h17-18,21-24,26-33,38-40,56,59H,8-16,19-20,25,34-37H2,1-7H3;2*1H/q+2;;/p-2. The molecule has 0 saturated carbocycles. The second-order valence-electron chi connectivity index (χ2n) is 19.5. The maximum atomic E-state index is 6.34. The first-order valence-electron chi connectivity index (χ1n) is 23.6. The highest BCUT2D eigenvalue weighted by Crippen LogP contribution is 2.36. The summed E-state index contributed by atoms with van der Waals surface area (Å²) in [5.74, 6) is 1.74. The lowest BCUT2D eigenvalue weighted by atomic mass is 10.0. The Kier molecular flexibility index (Phi) is 18.9. The molecule has 0 spiro atoms. The lowest BCUT2D eigenvalue weighted by Gasteiger charge is -2.23. The average molecular weight is 920 g/mol. The zero-order chi connectivity index (χ0) is 44.2. The summed E-state index contributed by atoms with van der Waals surface area (Å²) in [6, 6.07) is 27.9. The highest BCUT2D eigenvalue weighted by molar-refractivity contribution is 5.94. The Morgan fingerprint density at radius 1 is 0.492 bits per heavy atom. The van der Waals surface area contributed by atoms with Gasteiger partial charge in [0.25, 0.3) is 0 Å². The van der Waals surface area contributed by atoms with E-state index in [1.54, 1.807) is 0 Å². The monoisotopic (exact) mass is 919 g/mol. The molecule has 5 aromatic rings. The number of aromatic amines is 2. The average Bonchev–Trinajstić information content (AvgIpc) is 4.09. The van der Waals surface area contributed by atoms with Gasteiger partial charge in [0.1, 0.15) is 11.5 Å². The Labute approximate surface area is 401 Å². The van der Waals surface area contributed by atoms with Gasteiger partial charge in [0.2, 0.25) is 0 Å². The minimum atomic E-state index is 0. The molecular formula is C55H72Cl2N6O2. The summed E-state index contributed by atoms with van der Waals surface area (Å²) in [6.45, 7) is 5.74. The van der Waals surface area contributed by atoms with Crippen molar-refractivity contribution in [3.05, 3.63) is 107 Å². The van der Waals surface area contributed by atoms with Crippen LogP contribution in [0.1, 0.15) is 106 Å². The maximum Gasteiger partial charge on any atom is 0.119 e. The number of H-pyrrole nitrogens is 2. The minimum Gasteiger partial charge on any atom is -1.00 e. The molecule has 0 unspecified atom stereocenters. The van der Waals surface area contributed by atoms with Crippen LogP contribution in [-0.2, 0) is 6.42 Å². The van der Waals surface area contributed by atoms with E-state index in [0.717, 1.165) is 126 Å². The predicted molar refractivity (Wildman–Crippen MR) is 267 cm³/mol. The van der Waals surface area contributed by atoms with Crippen LogP contribution in [0.25, 0.3) is 68.6 Å². The highest BCUT2D eigenvalue weighted by atomic mass is 35.5. The van der Waals surface area contributed by atoms with Gasteiger partial charge in [-0.05, 0) is 103 Å². The number of aromatic nitrogens is 4. The van der Waals surface area contributed by atoms with Crippen LogP contribution in [0.3, 0.4) is 0 Å². The van der Waals surface area contributed by atoms with Crippen LogP contribution in [0.4, 0.5) is 0 Å². The molecule has 3 aromatic heterocycles. The van der Waals surface area contributed by atoms with Gasteiger partial charge in [0.05, 0.1) is 91.4 Å². The molecule has 0 atom stereocenters. The van der Waals surface area contributed by atoms with Crippen molar-refractivity contribution in [2.24, 2.45) is 0 Å². The zero-order valence-electron chi connectivity index (χ0n) is 40.0. The molecule has 0 aliphatic carbocycles. The van der Waals surface area contributed by atoms with E-state index < -0.39 is 0 Å². The van der Waals surface area contributed by atoms with Crippen molar-refractivity contribution in [2.75, 3.05) is 68.6 Å². The molecule has 2 aliphatic rings. The maximum absolute atomic E-state index is 6.34. The smallest absolute Gasteiger partial charge is 0.119 e. The first-order chi connectivity index (χ1) is 30.4. The van der Waals surface area contributed by atoms with Gasteiger partial charge >= 0.3 is 0 Å². The number of rotatable bonds is 22. The van der Waals surface area contributed by atoms with Crippen LogP contribution >= 0.6 is 0 Å². The van der Waals surface area contributed by atoms with Crippen molar-refractivity contribution in [1.82, 2.24) is 19.9 Å². The molecule has 348 valence electrons. The number of ether oxygens (including phenoxy) is 2. The molecule has 0 fully saturated rings. The normalized spacial score (nSPS) is 12.2. The molecule has 65 heavy (non-hydrogen) atoms. The first-order valence-corrected chi connectivity index (χ1v) is 23.6. The molecule has 2 aromatic carbocycles. The Bertz CT molecular complexity index is 2480. The molecule has 7 rings (SSSR count). The zero-order valence-corrected chi connectivity index (χ0v) is 41.5. The van der Waals surface area contributed by atoms with E-state index in [0.29, 0.717) is 13.2 Å². The van der Waals surface area contributed by atoms with Crippen molar-refractivity contribution in [3.8, 4) is 33.8 Å². The fourth-order valence-electron chi connectivity index (χ4n) is 8.62. The predicted octanol–water partition coefficient (Wildman–Crippen LogP) is 7.02. The summed E-state index contributed by atoms with van der Waals surface area (Å²) in [5.41, 5.74) is 13.3. The van der Waals surface area contributed by atoms with Crippen LogP contribution in [0, 0.1) is 0 Å². The molecule has 8 nitrogen and oxygen atoms in total. The molecular weight excluding hydrogens is 848 g/mol. The van der Waals surface area contributed by atoms with Crippen LogP contribution in [-0.4, -0.2) is 97.5 Å². The van der Waals surface area contributed by atoms with Gasteiger partial charge in [-0.25, -0.2) is 9.97 Å². The number of hydrogen-bond donors (Lipinski definition) is 2. The molecule has 0 radical (unpaired) electrons. The number of unbranched alkanes of at least 4 members (excludes halogenated alkanes) is 8. The Morgan fingerprint density at radius 3 is 1.60 bits per heavy atom. The van der Waals surface area contributed by atoms with E-state index in [-0.39, 0.29) is 24.8 Å². The largest absolute Gasteiger partial charge is 1.00 e. The number of nitrogens with zero attached hydrogens (tertiary/aromatic N) is 4. The molecule has 0 amide bonds. The van der Waals surface area contributed by atoms with E-state index in [1.807, 2.05) is 0 Å². The summed E-state index contributed by atoms with van der Waals surface area (Å²) < 4.78 is 14.5. The van der Waals surface area contributed by atoms with Crippen molar-refractivity contribution in [1.29, 1.82) is 0 Å². The molecule has 0 saturated heterocycles. The van der Waals surface area contributed by atoms with Gasteiger partial charge in [0, 0.05) is 51.6 Å². The number of quaternary nitrogens is 2. The van der Waals surface area contributed by atoms with E-state index in [4.69, 9.17) is 19.4 Å². The summed E-state index contributed by atoms with van der Waals surface area (Å²) in [6.07, 6.45) is 23.1. The fourth-order valence-corrected chi connectivity index (χ4v) is 8.62. The third-order valence-corrected chi connectivity index (χ3v) is 11.9. The third-order valence-electron chi connectivity index (χ3n) is 11.9. The second kappa shape index (κ2) is 24.1. The fraction of sp³-hybridized carbons (Fsp3) is 0.418. The van der Waals surface area contributed by atoms with Crippen molar-refractivity contribution in [3.63, 3.8) is 0 Å². The van der Waals surface area contributed by atoms with Crippen LogP contribution in [0.5, 0.6) is 11.5 Å². The molecule has 10 heteroatoms. The van der Waals surface area contributed by atoms with E-state index >= 15 is 0 Å². The van der Waals surface area contributed by atoms with E-state index in [9.17, 15) is 0 Å². The summed E-state index contributed by atoms with van der Waals surface area (Å²) in [7, 11) is 13.3. The molecule has 2 aliphatic heterocycles. The van der Waals surface area contributed by atoms with Gasteiger partial charge in [-0.3, -0.25) is 0 Å². The second-order valence-corrected chi connectivity index (χ2v) is 19.5. The Morgan fingerprint density at radius 2 is 1.00 bits per heavy atom. The Balaban J connectivity index is 0.00000397. The first kappa shape index (κ1) is 51.1. The van der Waals surface area contributed by atoms with Gasteiger partial charge < -0.3 is 53.2 Å². The van der Waals surface area contributed by atoms with E-state index in [1.165, 1.54) is 56.9 Å². The topological polar surface area (TPSA) is 75.8 Å². The van der Waals surface area contributed by atoms with E-state index in [2.05, 4.69) is 162 Å². The van der Waals surface area contributed by atoms with Gasteiger partial charge in [-0.15, -0.1) is 0 Å². The minimum absolute atomic E-state index is 0. The third kappa shape index (κ3) is 14.8. The molecule has 5 heterocycles. The summed E-state index contributed by atoms with van der Waals surface area (Å²) in [4.78, 5) is 18.4. The molecule has 2 N–H and O–H groups in total. The van der Waals surface area contributed by atoms with Gasteiger partial charge in [-0.1, -0.05) is 82.6 Å². The quantitative estimate of drug-likeness (QED) is 0.0567. The highest BCUT2D eigenvalue weighted by Gasteiger charge is 2.17. The van der Waals surface area contributed by atoms with Crippen LogP contribution in [0.15, 0.2) is 78.9 Å². The van der Waals surface area contributed by atoms with Crippen molar-refractivity contribution in [2.45, 2.75) is 84.0 Å². The lowest BCUT2D eigenvalue weighted by molar-refractivity contribution is -0.870. The number of aryl methyl sites for hydroxylation is 1. The molecule has 8 bridgehead atoms. The van der Waals surface area contributed by atoms with Gasteiger partial charge in [0.15, 0.2) is 0 Å².